The Labute approximate surface area is 119 Å². The monoisotopic (exact) mass is 277 g/mol. The van der Waals surface area contributed by atoms with Crippen molar-refractivity contribution in [3.05, 3.63) is 28.9 Å². The van der Waals surface area contributed by atoms with Gasteiger partial charge in [0.2, 0.25) is 5.88 Å². The Morgan fingerprint density at radius 2 is 2.16 bits per heavy atom. The largest absolute Gasteiger partial charge is 0.476 e. The SMILES string of the molecule is Clc1c(C2=CCCCC2)ccnc1OCC1CCC1. The van der Waals surface area contributed by atoms with Crippen molar-refractivity contribution in [1.29, 1.82) is 0 Å². The van der Waals surface area contributed by atoms with Gasteiger partial charge < -0.3 is 4.74 Å². The molecule has 3 heteroatoms. The molecule has 2 aliphatic carbocycles. The third kappa shape index (κ3) is 2.94. The molecular formula is C16H20ClNO. The molecule has 1 heterocycles. The third-order valence-corrected chi connectivity index (χ3v) is 4.54. The van der Waals surface area contributed by atoms with Crippen molar-refractivity contribution in [1.82, 2.24) is 4.98 Å². The Balaban J connectivity index is 1.75. The first-order valence-electron chi connectivity index (χ1n) is 7.31. The summed E-state index contributed by atoms with van der Waals surface area (Å²) in [6.07, 6.45) is 12.8. The van der Waals surface area contributed by atoms with Crippen LogP contribution in [0.2, 0.25) is 5.02 Å². The molecule has 2 aliphatic rings. The molecule has 0 atom stereocenters. The lowest BCUT2D eigenvalue weighted by molar-refractivity contribution is 0.175. The van der Waals surface area contributed by atoms with E-state index in [-0.39, 0.29) is 0 Å². The van der Waals surface area contributed by atoms with Crippen molar-refractivity contribution in [3.8, 4) is 5.88 Å². The highest BCUT2D eigenvalue weighted by atomic mass is 35.5. The molecule has 0 bridgehead atoms. The van der Waals surface area contributed by atoms with E-state index in [0.717, 1.165) is 25.0 Å². The Kier molecular flexibility index (Phi) is 4.07. The van der Waals surface area contributed by atoms with E-state index in [9.17, 15) is 0 Å². The number of allylic oxidation sites excluding steroid dienone is 2. The fourth-order valence-corrected chi connectivity index (χ4v) is 3.00. The fourth-order valence-electron chi connectivity index (χ4n) is 2.71. The van der Waals surface area contributed by atoms with Gasteiger partial charge >= 0.3 is 0 Å². The maximum Gasteiger partial charge on any atom is 0.233 e. The Morgan fingerprint density at radius 3 is 2.84 bits per heavy atom. The number of aromatic nitrogens is 1. The molecule has 0 amide bonds. The quantitative estimate of drug-likeness (QED) is 0.783. The predicted molar refractivity (Wildman–Crippen MR) is 78.5 cm³/mol. The van der Waals surface area contributed by atoms with E-state index in [0.29, 0.717) is 16.8 Å². The summed E-state index contributed by atoms with van der Waals surface area (Å²) in [4.78, 5) is 4.28. The van der Waals surface area contributed by atoms with Crippen LogP contribution in [-0.4, -0.2) is 11.6 Å². The summed E-state index contributed by atoms with van der Waals surface area (Å²) in [7, 11) is 0. The molecule has 0 unspecified atom stereocenters. The lowest BCUT2D eigenvalue weighted by atomic mass is 9.86. The lowest BCUT2D eigenvalue weighted by Gasteiger charge is -2.25. The standard InChI is InChI=1S/C16H20ClNO/c17-15-14(13-7-2-1-3-8-13)9-10-18-16(15)19-11-12-5-4-6-12/h7,9-10,12H,1-6,8,11H2. The zero-order chi connectivity index (χ0) is 13.1. The van der Waals surface area contributed by atoms with Crippen molar-refractivity contribution in [3.63, 3.8) is 0 Å². The molecule has 0 aliphatic heterocycles. The summed E-state index contributed by atoms with van der Waals surface area (Å²) in [5, 5.41) is 0.690. The Hall–Kier alpha value is -1.02. The normalized spacial score (nSPS) is 19.7. The molecule has 1 aromatic rings. The van der Waals surface area contributed by atoms with Gasteiger partial charge in [0, 0.05) is 11.8 Å². The van der Waals surface area contributed by atoms with E-state index in [1.54, 1.807) is 0 Å². The van der Waals surface area contributed by atoms with Crippen molar-refractivity contribution >= 4 is 17.2 Å². The molecule has 1 saturated carbocycles. The molecule has 3 rings (SSSR count). The molecule has 0 aromatic carbocycles. The summed E-state index contributed by atoms with van der Waals surface area (Å²) in [6, 6.07) is 2.01. The first kappa shape index (κ1) is 13.0. The van der Waals surface area contributed by atoms with Gasteiger partial charge in [-0.3, -0.25) is 0 Å². The Morgan fingerprint density at radius 1 is 1.26 bits per heavy atom. The van der Waals surface area contributed by atoms with Crippen LogP contribution in [0.4, 0.5) is 0 Å². The van der Waals surface area contributed by atoms with Crippen LogP contribution in [0.5, 0.6) is 5.88 Å². The van der Waals surface area contributed by atoms with E-state index < -0.39 is 0 Å². The zero-order valence-corrected chi connectivity index (χ0v) is 12.0. The van der Waals surface area contributed by atoms with Gasteiger partial charge in [-0.05, 0) is 56.1 Å². The number of pyridine rings is 1. The fraction of sp³-hybridized carbons (Fsp3) is 0.562. The van der Waals surface area contributed by atoms with Crippen LogP contribution in [-0.2, 0) is 0 Å². The van der Waals surface area contributed by atoms with E-state index in [1.165, 1.54) is 37.7 Å². The van der Waals surface area contributed by atoms with Gasteiger partial charge in [-0.15, -0.1) is 0 Å². The first-order chi connectivity index (χ1) is 9.34. The van der Waals surface area contributed by atoms with Gasteiger partial charge in [-0.1, -0.05) is 24.1 Å². The van der Waals surface area contributed by atoms with Crippen molar-refractivity contribution in [2.45, 2.75) is 44.9 Å². The Bertz CT molecular complexity index is 480. The first-order valence-corrected chi connectivity index (χ1v) is 7.69. The predicted octanol–water partition coefficient (Wildman–Crippen LogP) is 4.87. The van der Waals surface area contributed by atoms with E-state index >= 15 is 0 Å². The minimum absolute atomic E-state index is 0.609. The molecular weight excluding hydrogens is 258 g/mol. The van der Waals surface area contributed by atoms with Crippen LogP contribution in [0, 0.1) is 5.92 Å². The second-order valence-corrected chi connectivity index (χ2v) is 5.94. The van der Waals surface area contributed by atoms with Crippen LogP contribution in [0.1, 0.15) is 50.5 Å². The van der Waals surface area contributed by atoms with Crippen molar-refractivity contribution in [2.24, 2.45) is 5.92 Å². The second-order valence-electron chi connectivity index (χ2n) is 5.56. The van der Waals surface area contributed by atoms with E-state index in [2.05, 4.69) is 11.1 Å². The number of rotatable bonds is 4. The average molecular weight is 278 g/mol. The van der Waals surface area contributed by atoms with E-state index in [1.807, 2.05) is 12.3 Å². The lowest BCUT2D eigenvalue weighted by Crippen LogP contribution is -2.19. The molecule has 1 aromatic heterocycles. The molecule has 1 fully saturated rings. The third-order valence-electron chi connectivity index (χ3n) is 4.17. The highest BCUT2D eigenvalue weighted by Gasteiger charge is 2.20. The minimum Gasteiger partial charge on any atom is -0.476 e. The average Bonchev–Trinajstić information content (AvgIpc) is 2.40. The van der Waals surface area contributed by atoms with Crippen LogP contribution < -0.4 is 4.74 Å². The van der Waals surface area contributed by atoms with Gasteiger partial charge in [0.15, 0.2) is 0 Å². The van der Waals surface area contributed by atoms with Crippen molar-refractivity contribution < 1.29 is 4.74 Å². The van der Waals surface area contributed by atoms with Crippen LogP contribution in [0.25, 0.3) is 5.57 Å². The number of hydrogen-bond donors (Lipinski definition) is 0. The molecule has 102 valence electrons. The zero-order valence-electron chi connectivity index (χ0n) is 11.2. The molecule has 19 heavy (non-hydrogen) atoms. The van der Waals surface area contributed by atoms with Crippen LogP contribution in [0.15, 0.2) is 18.3 Å². The summed E-state index contributed by atoms with van der Waals surface area (Å²) < 4.78 is 5.80. The van der Waals surface area contributed by atoms with Crippen LogP contribution >= 0.6 is 11.6 Å². The summed E-state index contributed by atoms with van der Waals surface area (Å²) in [5.74, 6) is 1.31. The van der Waals surface area contributed by atoms with Gasteiger partial charge in [0.1, 0.15) is 5.02 Å². The number of halogens is 1. The number of hydrogen-bond acceptors (Lipinski definition) is 2. The maximum absolute atomic E-state index is 6.46. The molecule has 0 spiro atoms. The van der Waals surface area contributed by atoms with Crippen molar-refractivity contribution in [2.75, 3.05) is 6.61 Å². The van der Waals surface area contributed by atoms with Gasteiger partial charge in [-0.2, -0.15) is 0 Å². The second kappa shape index (κ2) is 5.96. The molecule has 0 N–H and O–H groups in total. The number of ether oxygens (including phenoxy) is 1. The maximum atomic E-state index is 6.46. The number of nitrogens with zero attached hydrogens (tertiary/aromatic N) is 1. The highest BCUT2D eigenvalue weighted by Crippen LogP contribution is 2.36. The topological polar surface area (TPSA) is 22.1 Å². The summed E-state index contributed by atoms with van der Waals surface area (Å²) in [5.41, 5.74) is 2.46. The molecule has 0 saturated heterocycles. The van der Waals surface area contributed by atoms with Gasteiger partial charge in [-0.25, -0.2) is 4.98 Å². The summed E-state index contributed by atoms with van der Waals surface area (Å²) >= 11 is 6.46. The van der Waals surface area contributed by atoms with Gasteiger partial charge in [0.05, 0.1) is 6.61 Å². The molecule has 0 radical (unpaired) electrons. The van der Waals surface area contributed by atoms with E-state index in [4.69, 9.17) is 16.3 Å². The van der Waals surface area contributed by atoms with Gasteiger partial charge in [0.25, 0.3) is 0 Å². The smallest absolute Gasteiger partial charge is 0.233 e. The van der Waals surface area contributed by atoms with Crippen LogP contribution in [0.3, 0.4) is 0 Å². The highest BCUT2D eigenvalue weighted by molar-refractivity contribution is 6.33. The summed E-state index contributed by atoms with van der Waals surface area (Å²) in [6.45, 7) is 0.759. The molecule has 2 nitrogen and oxygen atoms in total. The minimum atomic E-state index is 0.609.